The number of hydrogen-bond donors (Lipinski definition) is 1. The summed E-state index contributed by atoms with van der Waals surface area (Å²) in [6, 6.07) is -0.684. The van der Waals surface area contributed by atoms with Gasteiger partial charge in [-0.2, -0.15) is 0 Å². The third-order valence-corrected chi connectivity index (χ3v) is 4.97. The van der Waals surface area contributed by atoms with Crippen LogP contribution in [0.5, 0.6) is 0 Å². The molecule has 0 spiro atoms. The summed E-state index contributed by atoms with van der Waals surface area (Å²) in [5.74, 6) is 0.0280. The van der Waals surface area contributed by atoms with E-state index in [0.717, 1.165) is 10.4 Å². The summed E-state index contributed by atoms with van der Waals surface area (Å²) in [6.07, 6.45) is 0.909. The van der Waals surface area contributed by atoms with Gasteiger partial charge < -0.3 is 10.5 Å². The number of hydrogen-bond acceptors (Lipinski definition) is 5. The summed E-state index contributed by atoms with van der Waals surface area (Å²) in [7, 11) is 1.59. The fourth-order valence-electron chi connectivity index (χ4n) is 2.55. The molecule has 0 saturated carbocycles. The van der Waals surface area contributed by atoms with Crippen LogP contribution in [0.25, 0.3) is 10.2 Å². The van der Waals surface area contributed by atoms with E-state index in [1.54, 1.807) is 7.11 Å². The lowest BCUT2D eigenvalue weighted by Crippen LogP contribution is -2.36. The largest absolute Gasteiger partial charge is 0.384 e. The van der Waals surface area contributed by atoms with Crippen LogP contribution in [-0.2, 0) is 16.0 Å². The molecular formula is C15H21N3O3S. The minimum Gasteiger partial charge on any atom is -0.384 e. The normalized spacial score (nSPS) is 12.7. The van der Waals surface area contributed by atoms with Crippen molar-refractivity contribution in [2.45, 2.75) is 39.7 Å². The Balaban J connectivity index is 2.78. The maximum Gasteiger partial charge on any atom is 0.263 e. The van der Waals surface area contributed by atoms with Gasteiger partial charge >= 0.3 is 0 Å². The van der Waals surface area contributed by atoms with E-state index >= 15 is 0 Å². The molecule has 0 aliphatic carbocycles. The second-order valence-electron chi connectivity index (χ2n) is 5.24. The summed E-state index contributed by atoms with van der Waals surface area (Å²) in [4.78, 5) is 31.0. The first-order valence-corrected chi connectivity index (χ1v) is 8.03. The van der Waals surface area contributed by atoms with Crippen LogP contribution in [0.15, 0.2) is 4.79 Å². The molecule has 1 unspecified atom stereocenters. The van der Waals surface area contributed by atoms with E-state index in [9.17, 15) is 9.59 Å². The molecule has 1 atom stereocenters. The first-order chi connectivity index (χ1) is 10.4. The Hall–Kier alpha value is -1.73. The van der Waals surface area contributed by atoms with Gasteiger partial charge in [0.1, 0.15) is 16.7 Å². The molecule has 2 heterocycles. The van der Waals surface area contributed by atoms with E-state index < -0.39 is 11.9 Å². The maximum atomic E-state index is 12.9. The SMILES string of the molecule is CCC(C(N)=O)n1c(CCOC)nc2sc(C)c(C)c2c1=O. The number of thiophene rings is 1. The first kappa shape index (κ1) is 16.6. The Morgan fingerprint density at radius 3 is 2.68 bits per heavy atom. The molecule has 0 aromatic carbocycles. The van der Waals surface area contributed by atoms with Crippen molar-refractivity contribution in [1.82, 2.24) is 9.55 Å². The van der Waals surface area contributed by atoms with Gasteiger partial charge in [0.05, 0.1) is 12.0 Å². The minimum absolute atomic E-state index is 0.191. The van der Waals surface area contributed by atoms with E-state index in [2.05, 4.69) is 4.98 Å². The fraction of sp³-hybridized carbons (Fsp3) is 0.533. The van der Waals surface area contributed by atoms with Crippen molar-refractivity contribution >= 4 is 27.5 Å². The van der Waals surface area contributed by atoms with Gasteiger partial charge in [-0.15, -0.1) is 11.3 Å². The second-order valence-corrected chi connectivity index (χ2v) is 6.44. The zero-order valence-electron chi connectivity index (χ0n) is 13.3. The van der Waals surface area contributed by atoms with Crippen LogP contribution in [0.2, 0.25) is 0 Å². The number of primary amides is 1. The smallest absolute Gasteiger partial charge is 0.263 e. The number of nitrogens with zero attached hydrogens (tertiary/aromatic N) is 2. The van der Waals surface area contributed by atoms with Crippen LogP contribution < -0.4 is 11.3 Å². The quantitative estimate of drug-likeness (QED) is 0.876. The second kappa shape index (κ2) is 6.58. The number of nitrogens with two attached hydrogens (primary N) is 1. The summed E-state index contributed by atoms with van der Waals surface area (Å²) >= 11 is 1.50. The van der Waals surface area contributed by atoms with Crippen molar-refractivity contribution < 1.29 is 9.53 Å². The van der Waals surface area contributed by atoms with Gasteiger partial charge in [-0.1, -0.05) is 6.92 Å². The Kier molecular flexibility index (Phi) is 4.97. The van der Waals surface area contributed by atoms with E-state index in [1.165, 1.54) is 15.9 Å². The third-order valence-electron chi connectivity index (χ3n) is 3.86. The molecule has 0 aliphatic heterocycles. The highest BCUT2D eigenvalue weighted by molar-refractivity contribution is 7.18. The van der Waals surface area contributed by atoms with Crippen LogP contribution in [-0.4, -0.2) is 29.2 Å². The highest BCUT2D eigenvalue weighted by Gasteiger charge is 2.24. The molecule has 0 fully saturated rings. The van der Waals surface area contributed by atoms with Crippen LogP contribution in [0.4, 0.5) is 0 Å². The zero-order chi connectivity index (χ0) is 16.4. The van der Waals surface area contributed by atoms with E-state index in [0.29, 0.717) is 35.5 Å². The zero-order valence-corrected chi connectivity index (χ0v) is 14.1. The topological polar surface area (TPSA) is 87.2 Å². The molecular weight excluding hydrogens is 302 g/mol. The molecule has 6 nitrogen and oxygen atoms in total. The Morgan fingerprint density at radius 2 is 2.14 bits per heavy atom. The van der Waals surface area contributed by atoms with Crippen molar-refractivity contribution in [2.24, 2.45) is 5.73 Å². The van der Waals surface area contributed by atoms with E-state index in [-0.39, 0.29) is 5.56 Å². The summed E-state index contributed by atoms with van der Waals surface area (Å²) in [5, 5.41) is 0.586. The molecule has 0 aliphatic rings. The number of ether oxygens (including phenoxy) is 1. The highest BCUT2D eigenvalue weighted by atomic mass is 32.1. The van der Waals surface area contributed by atoms with Crippen LogP contribution >= 0.6 is 11.3 Å². The predicted octanol–water partition coefficient (Wildman–Crippen LogP) is 1.70. The van der Waals surface area contributed by atoms with E-state index in [4.69, 9.17) is 10.5 Å². The van der Waals surface area contributed by atoms with Crippen molar-refractivity contribution in [2.75, 3.05) is 13.7 Å². The van der Waals surface area contributed by atoms with Gasteiger partial charge in [0, 0.05) is 18.4 Å². The molecule has 1 amide bonds. The minimum atomic E-state index is -0.684. The van der Waals surface area contributed by atoms with Crippen molar-refractivity contribution in [3.8, 4) is 0 Å². The van der Waals surface area contributed by atoms with Gasteiger partial charge in [0.15, 0.2) is 0 Å². The number of methoxy groups -OCH3 is 1. The predicted molar refractivity (Wildman–Crippen MR) is 87.5 cm³/mol. The van der Waals surface area contributed by atoms with E-state index in [1.807, 2.05) is 20.8 Å². The number of aryl methyl sites for hydroxylation is 2. The summed E-state index contributed by atoms with van der Waals surface area (Å²) in [6.45, 7) is 6.13. The molecule has 0 saturated heterocycles. The Labute approximate surface area is 132 Å². The molecule has 2 rings (SSSR count). The van der Waals surface area contributed by atoms with Crippen molar-refractivity contribution in [3.05, 3.63) is 26.6 Å². The molecule has 22 heavy (non-hydrogen) atoms. The van der Waals surface area contributed by atoms with Gasteiger partial charge in [0.25, 0.3) is 5.56 Å². The lowest BCUT2D eigenvalue weighted by molar-refractivity contribution is -0.121. The van der Waals surface area contributed by atoms with Gasteiger partial charge in [-0.25, -0.2) is 4.98 Å². The number of amides is 1. The van der Waals surface area contributed by atoms with Crippen LogP contribution in [0, 0.1) is 13.8 Å². The first-order valence-electron chi connectivity index (χ1n) is 7.21. The fourth-order valence-corrected chi connectivity index (χ4v) is 3.59. The number of carbonyl (C=O) groups is 1. The molecule has 2 N–H and O–H groups in total. The van der Waals surface area contributed by atoms with Crippen molar-refractivity contribution in [3.63, 3.8) is 0 Å². The average Bonchev–Trinajstić information content (AvgIpc) is 2.75. The van der Waals surface area contributed by atoms with Crippen LogP contribution in [0.3, 0.4) is 0 Å². The molecule has 2 aromatic heterocycles. The summed E-state index contributed by atoms with van der Waals surface area (Å²) < 4.78 is 6.53. The summed E-state index contributed by atoms with van der Waals surface area (Å²) in [5.41, 5.74) is 6.21. The van der Waals surface area contributed by atoms with Crippen LogP contribution in [0.1, 0.15) is 35.7 Å². The number of rotatable bonds is 6. The molecule has 120 valence electrons. The lowest BCUT2D eigenvalue weighted by atomic mass is 10.1. The number of fused-ring (bicyclic) bond motifs is 1. The molecule has 7 heteroatoms. The molecule has 2 aromatic rings. The number of aromatic nitrogens is 2. The van der Waals surface area contributed by atoms with Gasteiger partial charge in [-0.3, -0.25) is 14.2 Å². The monoisotopic (exact) mass is 323 g/mol. The van der Waals surface area contributed by atoms with Gasteiger partial charge in [-0.05, 0) is 25.8 Å². The highest BCUT2D eigenvalue weighted by Crippen LogP contribution is 2.27. The standard InChI is InChI=1S/C15H21N3O3S/c1-5-10(13(16)19)18-11(6-7-21-4)17-14-12(15(18)20)8(2)9(3)22-14/h10H,5-7H2,1-4H3,(H2,16,19). The molecule has 0 radical (unpaired) electrons. The molecule has 0 bridgehead atoms. The van der Waals surface area contributed by atoms with Crippen molar-refractivity contribution in [1.29, 1.82) is 0 Å². The number of carbonyl (C=O) groups excluding carboxylic acids is 1. The Bertz CT molecular complexity index is 763. The third kappa shape index (κ3) is 2.78. The average molecular weight is 323 g/mol. The van der Waals surface area contributed by atoms with Gasteiger partial charge in [0.2, 0.25) is 5.91 Å². The Morgan fingerprint density at radius 1 is 1.45 bits per heavy atom. The maximum absolute atomic E-state index is 12.9. The lowest BCUT2D eigenvalue weighted by Gasteiger charge is -2.19.